The molecule has 0 aliphatic heterocycles. The van der Waals surface area contributed by atoms with Gasteiger partial charge in [-0.3, -0.25) is 0 Å². The molecule has 0 bridgehead atoms. The molecule has 1 unspecified atom stereocenters. The van der Waals surface area contributed by atoms with E-state index in [1.807, 2.05) is 20.8 Å². The molecule has 0 radical (unpaired) electrons. The second-order valence-corrected chi connectivity index (χ2v) is 12.7. The molecule has 0 aromatic carbocycles. The first-order chi connectivity index (χ1) is 7.81. The molecule has 1 atom stereocenters. The Morgan fingerprint density at radius 1 is 0.882 bits per heavy atom. The summed E-state index contributed by atoms with van der Waals surface area (Å²) in [7, 11) is -3.96. The molecule has 0 amide bonds. The summed E-state index contributed by atoms with van der Waals surface area (Å²) >= 11 is 0. The van der Waals surface area contributed by atoms with E-state index in [-0.39, 0.29) is 5.67 Å². The van der Waals surface area contributed by atoms with Gasteiger partial charge in [-0.1, -0.05) is 19.6 Å². The molecule has 0 aromatic heterocycles. The maximum atomic E-state index is 5.87. The quantitative estimate of drug-likeness (QED) is 0.658. The standard InChI is InChI=1S/C11H29NO3Si2/c1-8-13-17(14-9-2,15-10-3)11(4)12-16(5,6)7/h11-12H,8-10H2,1-7H3. The molecule has 6 heteroatoms. The highest BCUT2D eigenvalue weighted by Crippen LogP contribution is 2.16. The van der Waals surface area contributed by atoms with Crippen LogP contribution in [-0.4, -0.2) is 42.5 Å². The minimum atomic E-state index is -2.59. The molecule has 17 heavy (non-hydrogen) atoms. The molecule has 0 aliphatic carbocycles. The van der Waals surface area contributed by atoms with Crippen molar-refractivity contribution in [2.24, 2.45) is 0 Å². The van der Waals surface area contributed by atoms with Crippen LogP contribution in [0.5, 0.6) is 0 Å². The summed E-state index contributed by atoms with van der Waals surface area (Å²) in [5.41, 5.74) is 0.147. The third-order valence-electron chi connectivity index (χ3n) is 2.22. The van der Waals surface area contributed by atoms with Gasteiger partial charge in [0.15, 0.2) is 0 Å². The molecule has 0 aliphatic rings. The fraction of sp³-hybridized carbons (Fsp3) is 1.00. The highest BCUT2D eigenvalue weighted by Gasteiger charge is 2.47. The molecule has 0 aromatic rings. The fourth-order valence-electron chi connectivity index (χ4n) is 1.84. The van der Waals surface area contributed by atoms with E-state index in [2.05, 4.69) is 31.5 Å². The predicted octanol–water partition coefficient (Wildman–Crippen LogP) is 2.39. The van der Waals surface area contributed by atoms with E-state index in [1.54, 1.807) is 0 Å². The monoisotopic (exact) mass is 279 g/mol. The van der Waals surface area contributed by atoms with Crippen LogP contribution in [0.1, 0.15) is 27.7 Å². The van der Waals surface area contributed by atoms with Crippen molar-refractivity contribution in [3.05, 3.63) is 0 Å². The van der Waals surface area contributed by atoms with E-state index in [4.69, 9.17) is 13.3 Å². The maximum absolute atomic E-state index is 5.87. The van der Waals surface area contributed by atoms with Crippen LogP contribution in [0.25, 0.3) is 0 Å². The lowest BCUT2D eigenvalue weighted by Crippen LogP contribution is -2.65. The molecule has 104 valence electrons. The third-order valence-corrected chi connectivity index (χ3v) is 7.08. The van der Waals surface area contributed by atoms with Gasteiger partial charge in [0, 0.05) is 19.8 Å². The van der Waals surface area contributed by atoms with Crippen LogP contribution in [0.3, 0.4) is 0 Å². The SMILES string of the molecule is CCO[Si](OCC)(OCC)C(C)N[Si](C)(C)C. The number of rotatable bonds is 9. The largest absolute Gasteiger partial charge is 0.517 e. The van der Waals surface area contributed by atoms with Crippen LogP contribution in [0.15, 0.2) is 0 Å². The fourth-order valence-corrected chi connectivity index (χ4v) is 7.35. The Labute approximate surface area is 108 Å². The summed E-state index contributed by atoms with van der Waals surface area (Å²) < 4.78 is 17.6. The van der Waals surface area contributed by atoms with Crippen molar-refractivity contribution in [2.75, 3.05) is 19.8 Å². The topological polar surface area (TPSA) is 39.7 Å². The van der Waals surface area contributed by atoms with E-state index < -0.39 is 17.0 Å². The van der Waals surface area contributed by atoms with E-state index in [0.717, 1.165) is 0 Å². The minimum Gasteiger partial charge on any atom is -0.373 e. The van der Waals surface area contributed by atoms with E-state index >= 15 is 0 Å². The second-order valence-electron chi connectivity index (χ2n) is 5.02. The molecular weight excluding hydrogens is 250 g/mol. The smallest absolute Gasteiger partial charge is 0.373 e. The highest BCUT2D eigenvalue weighted by molar-refractivity contribution is 6.75. The van der Waals surface area contributed by atoms with Gasteiger partial charge in [0.05, 0.1) is 5.67 Å². The Morgan fingerprint density at radius 3 is 1.47 bits per heavy atom. The summed E-state index contributed by atoms with van der Waals surface area (Å²) in [5, 5.41) is 0. The summed E-state index contributed by atoms with van der Waals surface area (Å²) in [6.07, 6.45) is 0. The van der Waals surface area contributed by atoms with Crippen LogP contribution < -0.4 is 4.98 Å². The lowest BCUT2D eigenvalue weighted by atomic mass is 10.8. The van der Waals surface area contributed by atoms with Crippen LogP contribution in [0, 0.1) is 0 Å². The Hall–Kier alpha value is 0.274. The Morgan fingerprint density at radius 2 is 1.24 bits per heavy atom. The normalized spacial score (nSPS) is 15.0. The van der Waals surface area contributed by atoms with Crippen molar-refractivity contribution in [1.29, 1.82) is 0 Å². The van der Waals surface area contributed by atoms with E-state index in [1.165, 1.54) is 0 Å². The second kappa shape index (κ2) is 7.65. The molecule has 0 heterocycles. The first kappa shape index (κ1) is 17.3. The molecule has 0 fully saturated rings. The van der Waals surface area contributed by atoms with Gasteiger partial charge in [0.2, 0.25) is 0 Å². The van der Waals surface area contributed by atoms with Gasteiger partial charge < -0.3 is 18.3 Å². The average Bonchev–Trinajstić information content (AvgIpc) is 2.16. The van der Waals surface area contributed by atoms with E-state index in [9.17, 15) is 0 Å². The van der Waals surface area contributed by atoms with Gasteiger partial charge in [-0.25, -0.2) is 0 Å². The van der Waals surface area contributed by atoms with Gasteiger partial charge in [0.1, 0.15) is 8.24 Å². The van der Waals surface area contributed by atoms with Crippen LogP contribution in [0.4, 0.5) is 0 Å². The third kappa shape index (κ3) is 6.12. The van der Waals surface area contributed by atoms with Gasteiger partial charge in [-0.2, -0.15) is 0 Å². The Balaban J connectivity index is 4.83. The number of hydrogen-bond donors (Lipinski definition) is 1. The van der Waals surface area contributed by atoms with Gasteiger partial charge >= 0.3 is 8.80 Å². The van der Waals surface area contributed by atoms with Crippen molar-refractivity contribution in [1.82, 2.24) is 4.98 Å². The summed E-state index contributed by atoms with van der Waals surface area (Å²) in [4.78, 5) is 3.64. The zero-order valence-corrected chi connectivity index (χ0v) is 14.4. The molecule has 0 saturated heterocycles. The molecular formula is C11H29NO3Si2. The van der Waals surface area contributed by atoms with Gasteiger partial charge in [0.25, 0.3) is 0 Å². The van der Waals surface area contributed by atoms with Crippen molar-refractivity contribution in [3.8, 4) is 0 Å². The molecule has 0 spiro atoms. The van der Waals surface area contributed by atoms with E-state index in [0.29, 0.717) is 19.8 Å². The number of hydrogen-bond acceptors (Lipinski definition) is 4. The summed E-state index contributed by atoms with van der Waals surface area (Å²) in [6, 6.07) is 0. The minimum absolute atomic E-state index is 0.147. The summed E-state index contributed by atoms with van der Waals surface area (Å²) in [5.74, 6) is 0. The lowest BCUT2D eigenvalue weighted by molar-refractivity contribution is 0.0620. The summed E-state index contributed by atoms with van der Waals surface area (Å²) in [6.45, 7) is 16.8. The van der Waals surface area contributed by atoms with Crippen molar-refractivity contribution in [3.63, 3.8) is 0 Å². The van der Waals surface area contributed by atoms with Crippen LogP contribution in [0.2, 0.25) is 19.6 Å². The number of nitrogens with one attached hydrogen (secondary N) is 1. The average molecular weight is 280 g/mol. The van der Waals surface area contributed by atoms with Crippen LogP contribution in [-0.2, 0) is 13.3 Å². The van der Waals surface area contributed by atoms with Crippen LogP contribution >= 0.6 is 0 Å². The maximum Gasteiger partial charge on any atom is 0.517 e. The predicted molar refractivity (Wildman–Crippen MR) is 76.6 cm³/mol. The van der Waals surface area contributed by atoms with Crippen molar-refractivity contribution in [2.45, 2.75) is 53.0 Å². The molecule has 0 saturated carbocycles. The lowest BCUT2D eigenvalue weighted by Gasteiger charge is -2.36. The van der Waals surface area contributed by atoms with Gasteiger partial charge in [-0.15, -0.1) is 0 Å². The first-order valence-corrected chi connectivity index (χ1v) is 11.8. The Kier molecular flexibility index (Phi) is 7.78. The van der Waals surface area contributed by atoms with Crippen molar-refractivity contribution >= 4 is 17.0 Å². The molecule has 0 rings (SSSR count). The highest BCUT2D eigenvalue weighted by atomic mass is 28.4. The molecule has 1 N–H and O–H groups in total. The van der Waals surface area contributed by atoms with Crippen molar-refractivity contribution < 1.29 is 13.3 Å². The zero-order valence-electron chi connectivity index (χ0n) is 12.4. The Bertz CT molecular complexity index is 192. The van der Waals surface area contributed by atoms with Gasteiger partial charge in [-0.05, 0) is 27.7 Å². The zero-order chi connectivity index (χ0) is 13.5. The molecule has 4 nitrogen and oxygen atoms in total. The first-order valence-electron chi connectivity index (χ1n) is 6.50.